The number of aromatic nitrogens is 2. The van der Waals surface area contributed by atoms with Crippen molar-refractivity contribution in [1.82, 2.24) is 14.5 Å². The Labute approximate surface area is 95.3 Å². The first kappa shape index (κ1) is 10.7. The van der Waals surface area contributed by atoms with Gasteiger partial charge in [0.15, 0.2) is 0 Å². The topological polar surface area (TPSA) is 47.1 Å². The molecule has 16 heavy (non-hydrogen) atoms. The highest BCUT2D eigenvalue weighted by atomic mass is 15.1. The number of nitrogens with two attached hydrogens (primary N) is 1. The molecule has 0 aliphatic heterocycles. The van der Waals surface area contributed by atoms with Crippen molar-refractivity contribution in [3.05, 3.63) is 42.5 Å². The molecule has 0 saturated heterocycles. The van der Waals surface area contributed by atoms with E-state index in [0.717, 1.165) is 23.7 Å². The smallest absolute Gasteiger partial charge is 0.127 e. The third-order valence-corrected chi connectivity index (χ3v) is 2.32. The van der Waals surface area contributed by atoms with Crippen LogP contribution in [0.2, 0.25) is 0 Å². The zero-order valence-corrected chi connectivity index (χ0v) is 9.59. The Kier molecular flexibility index (Phi) is 2.92. The minimum atomic E-state index is 0.766. The molecule has 0 radical (unpaired) electrons. The van der Waals surface area contributed by atoms with Gasteiger partial charge in [-0.2, -0.15) is 0 Å². The van der Waals surface area contributed by atoms with Gasteiger partial charge in [0.25, 0.3) is 0 Å². The summed E-state index contributed by atoms with van der Waals surface area (Å²) in [6.07, 6.45) is 3.76. The molecule has 2 rings (SSSR count). The van der Waals surface area contributed by atoms with Gasteiger partial charge in [0.05, 0.1) is 6.54 Å². The lowest BCUT2D eigenvalue weighted by Crippen LogP contribution is -2.14. The molecular formula is C12H16N4. The second kappa shape index (κ2) is 4.37. The van der Waals surface area contributed by atoms with E-state index in [0.29, 0.717) is 0 Å². The summed E-state index contributed by atoms with van der Waals surface area (Å²) >= 11 is 0. The van der Waals surface area contributed by atoms with Crippen molar-refractivity contribution >= 4 is 5.69 Å². The van der Waals surface area contributed by atoms with E-state index >= 15 is 0 Å². The van der Waals surface area contributed by atoms with Crippen molar-refractivity contribution in [2.75, 3.05) is 19.8 Å². The largest absolute Gasteiger partial charge is 0.399 e. The summed E-state index contributed by atoms with van der Waals surface area (Å²) in [4.78, 5) is 6.43. The second-order valence-electron chi connectivity index (χ2n) is 4.05. The molecule has 0 aliphatic carbocycles. The number of hydrogen-bond acceptors (Lipinski definition) is 3. The molecule has 0 bridgehead atoms. The van der Waals surface area contributed by atoms with Crippen LogP contribution in [0.15, 0.2) is 36.7 Å². The third-order valence-electron chi connectivity index (χ3n) is 2.32. The van der Waals surface area contributed by atoms with Gasteiger partial charge in [0, 0.05) is 23.8 Å². The standard InChI is InChI=1S/C12H16N4/c1-15(2)9-12-14-6-7-16(12)11-5-3-4-10(13)8-11/h3-8H,9,13H2,1-2H3. The lowest BCUT2D eigenvalue weighted by molar-refractivity contribution is 0.388. The highest BCUT2D eigenvalue weighted by Crippen LogP contribution is 2.14. The summed E-state index contributed by atoms with van der Waals surface area (Å²) in [5.74, 6) is 1.01. The monoisotopic (exact) mass is 216 g/mol. The maximum absolute atomic E-state index is 5.77. The Bertz CT molecular complexity index is 473. The number of imidazole rings is 1. The van der Waals surface area contributed by atoms with Crippen LogP contribution in [0.25, 0.3) is 5.69 Å². The average molecular weight is 216 g/mol. The van der Waals surface area contributed by atoms with Crippen LogP contribution in [0.4, 0.5) is 5.69 Å². The molecule has 2 aromatic rings. The van der Waals surface area contributed by atoms with E-state index in [-0.39, 0.29) is 0 Å². The fraction of sp³-hybridized carbons (Fsp3) is 0.250. The summed E-state index contributed by atoms with van der Waals surface area (Å²) < 4.78 is 2.05. The van der Waals surface area contributed by atoms with E-state index in [1.165, 1.54) is 0 Å². The van der Waals surface area contributed by atoms with Gasteiger partial charge >= 0.3 is 0 Å². The SMILES string of the molecule is CN(C)Cc1nccn1-c1cccc(N)c1. The number of nitrogen functional groups attached to an aromatic ring is 1. The number of hydrogen-bond donors (Lipinski definition) is 1. The van der Waals surface area contributed by atoms with Crippen LogP contribution in [0.1, 0.15) is 5.82 Å². The zero-order valence-electron chi connectivity index (χ0n) is 9.59. The van der Waals surface area contributed by atoms with E-state index in [1.807, 2.05) is 50.8 Å². The molecule has 4 heteroatoms. The molecule has 0 aliphatic rings. The first-order valence-corrected chi connectivity index (χ1v) is 5.19. The predicted octanol–water partition coefficient (Wildman–Crippen LogP) is 1.52. The van der Waals surface area contributed by atoms with E-state index < -0.39 is 0 Å². The summed E-state index contributed by atoms with van der Waals surface area (Å²) in [7, 11) is 4.05. The Balaban J connectivity index is 2.37. The molecule has 84 valence electrons. The van der Waals surface area contributed by atoms with Crippen LogP contribution >= 0.6 is 0 Å². The van der Waals surface area contributed by atoms with Crippen molar-refractivity contribution in [3.8, 4) is 5.69 Å². The molecule has 0 saturated carbocycles. The van der Waals surface area contributed by atoms with Crippen LogP contribution in [-0.4, -0.2) is 28.5 Å². The van der Waals surface area contributed by atoms with Gasteiger partial charge in [-0.15, -0.1) is 0 Å². The van der Waals surface area contributed by atoms with Gasteiger partial charge in [-0.05, 0) is 32.3 Å². The maximum Gasteiger partial charge on any atom is 0.127 e. The average Bonchev–Trinajstić information content (AvgIpc) is 2.65. The highest BCUT2D eigenvalue weighted by Gasteiger charge is 2.05. The first-order chi connectivity index (χ1) is 7.66. The minimum absolute atomic E-state index is 0.766. The van der Waals surface area contributed by atoms with Gasteiger partial charge < -0.3 is 15.2 Å². The van der Waals surface area contributed by atoms with Crippen molar-refractivity contribution in [1.29, 1.82) is 0 Å². The van der Waals surface area contributed by atoms with Crippen LogP contribution in [0.3, 0.4) is 0 Å². The van der Waals surface area contributed by atoms with Gasteiger partial charge in [-0.3, -0.25) is 0 Å². The summed E-state index contributed by atoms with van der Waals surface area (Å²) in [6.45, 7) is 0.807. The van der Waals surface area contributed by atoms with E-state index in [1.54, 1.807) is 0 Å². The van der Waals surface area contributed by atoms with Crippen LogP contribution in [-0.2, 0) is 6.54 Å². The highest BCUT2D eigenvalue weighted by molar-refractivity contribution is 5.47. The van der Waals surface area contributed by atoms with Crippen molar-refractivity contribution in [2.24, 2.45) is 0 Å². The van der Waals surface area contributed by atoms with Gasteiger partial charge in [-0.1, -0.05) is 6.07 Å². The Morgan fingerprint density at radius 3 is 2.88 bits per heavy atom. The zero-order chi connectivity index (χ0) is 11.5. The lowest BCUT2D eigenvalue weighted by Gasteiger charge is -2.12. The second-order valence-corrected chi connectivity index (χ2v) is 4.05. The molecule has 0 unspecified atom stereocenters. The quantitative estimate of drug-likeness (QED) is 0.791. The summed E-state index contributed by atoms with van der Waals surface area (Å²) in [5.41, 5.74) is 7.59. The fourth-order valence-electron chi connectivity index (χ4n) is 1.64. The van der Waals surface area contributed by atoms with E-state index in [9.17, 15) is 0 Å². The molecule has 4 nitrogen and oxygen atoms in total. The first-order valence-electron chi connectivity index (χ1n) is 5.19. The fourth-order valence-corrected chi connectivity index (χ4v) is 1.64. The minimum Gasteiger partial charge on any atom is -0.399 e. The van der Waals surface area contributed by atoms with Crippen molar-refractivity contribution < 1.29 is 0 Å². The predicted molar refractivity (Wildman–Crippen MR) is 65.4 cm³/mol. The molecule has 0 amide bonds. The molecular weight excluding hydrogens is 200 g/mol. The third kappa shape index (κ3) is 2.23. The van der Waals surface area contributed by atoms with Crippen molar-refractivity contribution in [3.63, 3.8) is 0 Å². The Hall–Kier alpha value is -1.81. The molecule has 0 spiro atoms. The molecule has 1 heterocycles. The molecule has 1 aromatic carbocycles. The molecule has 1 aromatic heterocycles. The van der Waals surface area contributed by atoms with E-state index in [2.05, 4.69) is 14.5 Å². The summed E-state index contributed by atoms with van der Waals surface area (Å²) in [6, 6.07) is 7.80. The molecule has 2 N–H and O–H groups in total. The number of benzene rings is 1. The maximum atomic E-state index is 5.77. The summed E-state index contributed by atoms with van der Waals surface area (Å²) in [5, 5.41) is 0. The number of nitrogens with zero attached hydrogens (tertiary/aromatic N) is 3. The van der Waals surface area contributed by atoms with Gasteiger partial charge in [-0.25, -0.2) is 4.98 Å². The number of rotatable bonds is 3. The Morgan fingerprint density at radius 1 is 1.38 bits per heavy atom. The number of anilines is 1. The lowest BCUT2D eigenvalue weighted by atomic mass is 10.3. The van der Waals surface area contributed by atoms with Crippen LogP contribution in [0.5, 0.6) is 0 Å². The molecule has 0 atom stereocenters. The normalized spacial score (nSPS) is 10.9. The van der Waals surface area contributed by atoms with Crippen LogP contribution < -0.4 is 5.73 Å². The molecule has 0 fully saturated rings. The van der Waals surface area contributed by atoms with Crippen molar-refractivity contribution in [2.45, 2.75) is 6.54 Å². The van der Waals surface area contributed by atoms with Crippen LogP contribution in [0, 0.1) is 0 Å². The Morgan fingerprint density at radius 2 is 2.19 bits per heavy atom. The van der Waals surface area contributed by atoms with Gasteiger partial charge in [0.2, 0.25) is 0 Å². The van der Waals surface area contributed by atoms with E-state index in [4.69, 9.17) is 5.73 Å². The van der Waals surface area contributed by atoms with Gasteiger partial charge in [0.1, 0.15) is 5.82 Å².